The zero-order chi connectivity index (χ0) is 11.5. The van der Waals surface area contributed by atoms with Gasteiger partial charge < -0.3 is 10.2 Å². The molecule has 1 unspecified atom stereocenters. The number of rotatable bonds is 3. The van der Waals surface area contributed by atoms with Gasteiger partial charge >= 0.3 is 0 Å². The van der Waals surface area contributed by atoms with Crippen LogP contribution in [-0.2, 0) is 6.42 Å². The Morgan fingerprint density at radius 3 is 2.81 bits per heavy atom. The SMILES string of the molecule is CCc1occc1C(N)c1cccc(C)c1. The number of benzene rings is 1. The second kappa shape index (κ2) is 4.54. The lowest BCUT2D eigenvalue weighted by molar-refractivity contribution is 0.509. The quantitative estimate of drug-likeness (QED) is 0.854. The first-order valence-electron chi connectivity index (χ1n) is 5.60. The maximum Gasteiger partial charge on any atom is 0.108 e. The van der Waals surface area contributed by atoms with Crippen molar-refractivity contribution in [2.75, 3.05) is 0 Å². The molecule has 1 atom stereocenters. The van der Waals surface area contributed by atoms with Gasteiger partial charge in [-0.25, -0.2) is 0 Å². The first kappa shape index (κ1) is 11.0. The van der Waals surface area contributed by atoms with Crippen LogP contribution < -0.4 is 5.73 Å². The van der Waals surface area contributed by atoms with E-state index in [0.29, 0.717) is 0 Å². The van der Waals surface area contributed by atoms with E-state index in [9.17, 15) is 0 Å². The highest BCUT2D eigenvalue weighted by atomic mass is 16.3. The number of nitrogens with two attached hydrogens (primary N) is 1. The normalized spacial score (nSPS) is 12.7. The minimum Gasteiger partial charge on any atom is -0.469 e. The Morgan fingerprint density at radius 2 is 2.12 bits per heavy atom. The number of hydrogen-bond donors (Lipinski definition) is 1. The second-order valence-corrected chi connectivity index (χ2v) is 4.04. The van der Waals surface area contributed by atoms with Gasteiger partial charge in [0.2, 0.25) is 0 Å². The first-order valence-corrected chi connectivity index (χ1v) is 5.60. The van der Waals surface area contributed by atoms with Crippen molar-refractivity contribution >= 4 is 0 Å². The van der Waals surface area contributed by atoms with Crippen molar-refractivity contribution in [3.8, 4) is 0 Å². The lowest BCUT2D eigenvalue weighted by Gasteiger charge is -2.12. The molecule has 2 rings (SSSR count). The summed E-state index contributed by atoms with van der Waals surface area (Å²) in [4.78, 5) is 0. The second-order valence-electron chi connectivity index (χ2n) is 4.04. The van der Waals surface area contributed by atoms with E-state index in [0.717, 1.165) is 23.3 Å². The molecule has 16 heavy (non-hydrogen) atoms. The Hall–Kier alpha value is -1.54. The fourth-order valence-corrected chi connectivity index (χ4v) is 1.96. The molecule has 0 amide bonds. The predicted octanol–water partition coefficient (Wildman–Crippen LogP) is 3.20. The zero-order valence-corrected chi connectivity index (χ0v) is 9.73. The van der Waals surface area contributed by atoms with Crippen LogP contribution in [0, 0.1) is 6.92 Å². The van der Waals surface area contributed by atoms with Crippen molar-refractivity contribution in [2.45, 2.75) is 26.3 Å². The predicted molar refractivity (Wildman–Crippen MR) is 65.3 cm³/mol. The third-order valence-electron chi connectivity index (χ3n) is 2.84. The van der Waals surface area contributed by atoms with E-state index in [1.807, 2.05) is 12.1 Å². The summed E-state index contributed by atoms with van der Waals surface area (Å²) in [6, 6.07) is 10.2. The van der Waals surface area contributed by atoms with E-state index in [-0.39, 0.29) is 6.04 Å². The van der Waals surface area contributed by atoms with E-state index in [1.165, 1.54) is 5.56 Å². The van der Waals surface area contributed by atoms with Gasteiger partial charge in [-0.15, -0.1) is 0 Å². The van der Waals surface area contributed by atoms with Crippen molar-refractivity contribution in [2.24, 2.45) is 5.73 Å². The summed E-state index contributed by atoms with van der Waals surface area (Å²) in [6.07, 6.45) is 2.59. The van der Waals surface area contributed by atoms with Gasteiger partial charge in [0.1, 0.15) is 5.76 Å². The Balaban J connectivity index is 2.35. The van der Waals surface area contributed by atoms with Crippen LogP contribution in [0.3, 0.4) is 0 Å². The van der Waals surface area contributed by atoms with Crippen LogP contribution in [0.5, 0.6) is 0 Å². The van der Waals surface area contributed by atoms with Crippen molar-refractivity contribution < 1.29 is 4.42 Å². The molecule has 2 aromatic rings. The summed E-state index contributed by atoms with van der Waals surface area (Å²) in [7, 11) is 0. The largest absolute Gasteiger partial charge is 0.469 e. The van der Waals surface area contributed by atoms with Crippen LogP contribution in [0.1, 0.15) is 35.4 Å². The molecule has 2 nitrogen and oxygen atoms in total. The Kier molecular flexibility index (Phi) is 3.11. The summed E-state index contributed by atoms with van der Waals surface area (Å²) in [5, 5.41) is 0. The van der Waals surface area contributed by atoms with Gasteiger partial charge in [-0.05, 0) is 18.6 Å². The van der Waals surface area contributed by atoms with Crippen molar-refractivity contribution in [3.63, 3.8) is 0 Å². The number of hydrogen-bond acceptors (Lipinski definition) is 2. The van der Waals surface area contributed by atoms with E-state index in [1.54, 1.807) is 6.26 Å². The molecule has 0 aliphatic carbocycles. The van der Waals surface area contributed by atoms with Gasteiger partial charge in [0.05, 0.1) is 12.3 Å². The fraction of sp³-hybridized carbons (Fsp3) is 0.286. The summed E-state index contributed by atoms with van der Waals surface area (Å²) < 4.78 is 5.41. The lowest BCUT2D eigenvalue weighted by Crippen LogP contribution is -2.12. The van der Waals surface area contributed by atoms with E-state index in [2.05, 4.69) is 32.0 Å². The molecule has 0 aliphatic rings. The molecule has 0 aliphatic heterocycles. The molecule has 1 aromatic heterocycles. The van der Waals surface area contributed by atoms with E-state index >= 15 is 0 Å². The van der Waals surface area contributed by atoms with Gasteiger partial charge in [0.25, 0.3) is 0 Å². The molecule has 0 spiro atoms. The average molecular weight is 215 g/mol. The maximum absolute atomic E-state index is 6.25. The van der Waals surface area contributed by atoms with Crippen molar-refractivity contribution in [3.05, 3.63) is 59.0 Å². The molecule has 1 heterocycles. The molecule has 0 bridgehead atoms. The highest BCUT2D eigenvalue weighted by Gasteiger charge is 2.14. The highest BCUT2D eigenvalue weighted by molar-refractivity contribution is 5.34. The zero-order valence-electron chi connectivity index (χ0n) is 9.73. The van der Waals surface area contributed by atoms with Crippen LogP contribution in [-0.4, -0.2) is 0 Å². The molecule has 2 heteroatoms. The van der Waals surface area contributed by atoms with Crippen LogP contribution in [0.25, 0.3) is 0 Å². The summed E-state index contributed by atoms with van der Waals surface area (Å²) in [5.41, 5.74) is 9.70. The van der Waals surface area contributed by atoms with Gasteiger partial charge in [-0.1, -0.05) is 36.8 Å². The Morgan fingerprint density at radius 1 is 1.31 bits per heavy atom. The summed E-state index contributed by atoms with van der Waals surface area (Å²) >= 11 is 0. The summed E-state index contributed by atoms with van der Waals surface area (Å²) in [5.74, 6) is 0.981. The third kappa shape index (κ3) is 2.02. The van der Waals surface area contributed by atoms with Crippen molar-refractivity contribution in [1.29, 1.82) is 0 Å². The smallest absolute Gasteiger partial charge is 0.108 e. The fourth-order valence-electron chi connectivity index (χ4n) is 1.96. The molecule has 84 valence electrons. The molecular weight excluding hydrogens is 198 g/mol. The average Bonchev–Trinajstić information content (AvgIpc) is 2.76. The monoisotopic (exact) mass is 215 g/mol. The minimum atomic E-state index is -0.0893. The Bertz CT molecular complexity index is 473. The molecule has 0 fully saturated rings. The molecule has 0 saturated carbocycles. The minimum absolute atomic E-state index is 0.0893. The van der Waals surface area contributed by atoms with Crippen LogP contribution in [0.4, 0.5) is 0 Å². The standard InChI is InChI=1S/C14H17NO/c1-3-13-12(7-8-16-13)14(15)11-6-4-5-10(2)9-11/h4-9,14H,3,15H2,1-2H3. The number of aryl methyl sites for hydroxylation is 2. The maximum atomic E-state index is 6.25. The number of furan rings is 1. The summed E-state index contributed by atoms with van der Waals surface area (Å²) in [6.45, 7) is 4.15. The van der Waals surface area contributed by atoms with Gasteiger partial charge in [0.15, 0.2) is 0 Å². The van der Waals surface area contributed by atoms with Crippen LogP contribution in [0.2, 0.25) is 0 Å². The van der Waals surface area contributed by atoms with Gasteiger partial charge in [0, 0.05) is 12.0 Å². The van der Waals surface area contributed by atoms with E-state index in [4.69, 9.17) is 10.2 Å². The molecule has 2 N–H and O–H groups in total. The third-order valence-corrected chi connectivity index (χ3v) is 2.84. The van der Waals surface area contributed by atoms with Crippen LogP contribution >= 0.6 is 0 Å². The van der Waals surface area contributed by atoms with Gasteiger partial charge in [-0.2, -0.15) is 0 Å². The molecular formula is C14H17NO. The van der Waals surface area contributed by atoms with E-state index < -0.39 is 0 Å². The highest BCUT2D eigenvalue weighted by Crippen LogP contribution is 2.24. The van der Waals surface area contributed by atoms with Gasteiger partial charge in [-0.3, -0.25) is 0 Å². The topological polar surface area (TPSA) is 39.2 Å². The van der Waals surface area contributed by atoms with Crippen LogP contribution in [0.15, 0.2) is 41.0 Å². The first-order chi connectivity index (χ1) is 7.72. The Labute approximate surface area is 96.1 Å². The molecule has 0 radical (unpaired) electrons. The lowest BCUT2D eigenvalue weighted by atomic mass is 9.98. The molecule has 1 aromatic carbocycles. The van der Waals surface area contributed by atoms with Crippen molar-refractivity contribution in [1.82, 2.24) is 0 Å². The molecule has 0 saturated heterocycles.